The van der Waals surface area contributed by atoms with Crippen LogP contribution in [0.15, 0.2) is 0 Å². The molecule has 29 heavy (non-hydrogen) atoms. The molecule has 0 aromatic rings. The first-order chi connectivity index (χ1) is 13.7. The summed E-state index contributed by atoms with van der Waals surface area (Å²) in [6.07, 6.45) is 1.59. The van der Waals surface area contributed by atoms with E-state index in [-0.39, 0.29) is 18.4 Å². The van der Waals surface area contributed by atoms with Crippen LogP contribution in [0.3, 0.4) is 0 Å². The van der Waals surface area contributed by atoms with Crippen molar-refractivity contribution in [2.75, 3.05) is 13.1 Å². The summed E-state index contributed by atoms with van der Waals surface area (Å²) in [5.74, 6) is -3.00. The SMILES string of the molecule is CC(NC(=O)C1CCCN1)C(=O)NC(C(=O)NC(CCCCN)C(=O)O)C(C)O. The van der Waals surface area contributed by atoms with E-state index < -0.39 is 42.0 Å². The van der Waals surface area contributed by atoms with E-state index >= 15 is 0 Å². The molecule has 11 nitrogen and oxygen atoms in total. The molecule has 0 bridgehead atoms. The van der Waals surface area contributed by atoms with Crippen LogP contribution < -0.4 is 27.0 Å². The Bertz CT molecular complexity index is 579. The van der Waals surface area contributed by atoms with E-state index in [1.165, 1.54) is 13.8 Å². The van der Waals surface area contributed by atoms with Gasteiger partial charge in [0.2, 0.25) is 17.7 Å². The molecule has 8 N–H and O–H groups in total. The number of rotatable bonds is 12. The zero-order valence-electron chi connectivity index (χ0n) is 16.9. The number of nitrogens with two attached hydrogens (primary N) is 1. The van der Waals surface area contributed by atoms with E-state index in [1.54, 1.807) is 0 Å². The molecule has 166 valence electrons. The van der Waals surface area contributed by atoms with Crippen molar-refractivity contribution < 1.29 is 29.4 Å². The van der Waals surface area contributed by atoms with Gasteiger partial charge in [-0.1, -0.05) is 0 Å². The number of carbonyl (C=O) groups excluding carboxylic acids is 3. The van der Waals surface area contributed by atoms with Gasteiger partial charge in [-0.05, 0) is 59.0 Å². The first-order valence-corrected chi connectivity index (χ1v) is 9.92. The summed E-state index contributed by atoms with van der Waals surface area (Å²) < 4.78 is 0. The Morgan fingerprint density at radius 3 is 2.31 bits per heavy atom. The summed E-state index contributed by atoms with van der Waals surface area (Å²) in [7, 11) is 0. The molecule has 0 aromatic heterocycles. The summed E-state index contributed by atoms with van der Waals surface area (Å²) in [5, 5.41) is 29.5. The Labute approximate surface area is 170 Å². The average molecular weight is 415 g/mol. The standard InChI is InChI=1S/C18H33N5O6/c1-10(21-16(26)12-7-5-9-20-12)15(25)23-14(11(2)24)17(27)22-13(18(28)29)6-3-4-8-19/h10-14,20,24H,3-9,19H2,1-2H3,(H,21,26)(H,22,27)(H,23,25)(H,28,29). The van der Waals surface area contributed by atoms with Crippen molar-refractivity contribution in [3.8, 4) is 0 Å². The second-order valence-electron chi connectivity index (χ2n) is 7.29. The molecule has 0 saturated carbocycles. The maximum atomic E-state index is 12.5. The lowest BCUT2D eigenvalue weighted by molar-refractivity contribution is -0.143. The largest absolute Gasteiger partial charge is 0.480 e. The highest BCUT2D eigenvalue weighted by Gasteiger charge is 2.31. The van der Waals surface area contributed by atoms with Gasteiger partial charge in [-0.15, -0.1) is 0 Å². The van der Waals surface area contributed by atoms with Crippen LogP contribution in [0.2, 0.25) is 0 Å². The van der Waals surface area contributed by atoms with Gasteiger partial charge >= 0.3 is 5.97 Å². The van der Waals surface area contributed by atoms with Gasteiger partial charge in [-0.2, -0.15) is 0 Å². The van der Waals surface area contributed by atoms with E-state index in [4.69, 9.17) is 5.73 Å². The molecule has 11 heteroatoms. The van der Waals surface area contributed by atoms with E-state index in [0.29, 0.717) is 25.8 Å². The second-order valence-corrected chi connectivity index (χ2v) is 7.29. The Balaban J connectivity index is 2.64. The molecular formula is C18H33N5O6. The molecule has 1 rings (SSSR count). The molecule has 5 atom stereocenters. The molecule has 5 unspecified atom stereocenters. The normalized spacial score (nSPS) is 20.2. The number of amides is 3. The van der Waals surface area contributed by atoms with Gasteiger partial charge in [0.15, 0.2) is 0 Å². The summed E-state index contributed by atoms with van der Waals surface area (Å²) in [6.45, 7) is 3.91. The molecule has 1 aliphatic heterocycles. The molecule has 0 aromatic carbocycles. The topological polar surface area (TPSA) is 183 Å². The van der Waals surface area contributed by atoms with Gasteiger partial charge in [0.25, 0.3) is 0 Å². The number of aliphatic carboxylic acids is 1. The molecule has 1 aliphatic rings. The van der Waals surface area contributed by atoms with Crippen LogP contribution >= 0.6 is 0 Å². The lowest BCUT2D eigenvalue weighted by Gasteiger charge is -2.25. The van der Waals surface area contributed by atoms with Crippen LogP contribution in [0.25, 0.3) is 0 Å². The van der Waals surface area contributed by atoms with Crippen molar-refractivity contribution in [1.82, 2.24) is 21.3 Å². The number of hydrogen-bond donors (Lipinski definition) is 7. The zero-order valence-corrected chi connectivity index (χ0v) is 16.9. The molecule has 0 spiro atoms. The number of aliphatic hydroxyl groups is 1. The van der Waals surface area contributed by atoms with Crippen molar-refractivity contribution in [1.29, 1.82) is 0 Å². The number of nitrogens with one attached hydrogen (secondary N) is 4. The van der Waals surface area contributed by atoms with Crippen molar-refractivity contribution in [3.05, 3.63) is 0 Å². The summed E-state index contributed by atoms with van der Waals surface area (Å²) in [6, 6.07) is -3.80. The van der Waals surface area contributed by atoms with Crippen molar-refractivity contribution in [2.24, 2.45) is 5.73 Å². The highest BCUT2D eigenvalue weighted by Crippen LogP contribution is 2.06. The molecule has 1 saturated heterocycles. The second kappa shape index (κ2) is 12.3. The summed E-state index contributed by atoms with van der Waals surface area (Å²) in [4.78, 5) is 48.3. The summed E-state index contributed by atoms with van der Waals surface area (Å²) >= 11 is 0. The predicted octanol–water partition coefficient (Wildman–Crippen LogP) is -2.19. The number of carboxylic acid groups (broad SMARTS) is 1. The van der Waals surface area contributed by atoms with E-state index in [0.717, 1.165) is 13.0 Å². The van der Waals surface area contributed by atoms with Crippen LogP contribution in [0, 0.1) is 0 Å². The zero-order chi connectivity index (χ0) is 22.0. The van der Waals surface area contributed by atoms with E-state index in [1.807, 2.05) is 0 Å². The Hall–Kier alpha value is -2.24. The predicted molar refractivity (Wildman–Crippen MR) is 105 cm³/mol. The van der Waals surface area contributed by atoms with Gasteiger partial charge in [-0.3, -0.25) is 14.4 Å². The molecule has 3 amide bonds. The third-order valence-corrected chi connectivity index (χ3v) is 4.75. The van der Waals surface area contributed by atoms with Crippen LogP contribution in [0.5, 0.6) is 0 Å². The Morgan fingerprint density at radius 2 is 1.79 bits per heavy atom. The van der Waals surface area contributed by atoms with Crippen LogP contribution in [-0.2, 0) is 19.2 Å². The van der Waals surface area contributed by atoms with Crippen LogP contribution in [0.4, 0.5) is 0 Å². The van der Waals surface area contributed by atoms with Crippen molar-refractivity contribution >= 4 is 23.7 Å². The van der Waals surface area contributed by atoms with Gasteiger partial charge in [-0.25, -0.2) is 4.79 Å². The number of carbonyl (C=O) groups is 4. The lowest BCUT2D eigenvalue weighted by atomic mass is 10.1. The number of aliphatic hydroxyl groups excluding tert-OH is 1. The van der Waals surface area contributed by atoms with Gasteiger partial charge in [0.1, 0.15) is 18.1 Å². The fourth-order valence-corrected chi connectivity index (χ4v) is 2.98. The fraction of sp³-hybridized carbons (Fsp3) is 0.778. The lowest BCUT2D eigenvalue weighted by Crippen LogP contribution is -2.59. The highest BCUT2D eigenvalue weighted by atomic mass is 16.4. The van der Waals surface area contributed by atoms with Crippen LogP contribution in [0.1, 0.15) is 46.0 Å². The monoisotopic (exact) mass is 415 g/mol. The maximum absolute atomic E-state index is 12.5. The molecule has 1 heterocycles. The minimum Gasteiger partial charge on any atom is -0.480 e. The smallest absolute Gasteiger partial charge is 0.326 e. The minimum atomic E-state index is -1.36. The third-order valence-electron chi connectivity index (χ3n) is 4.75. The Morgan fingerprint density at radius 1 is 1.10 bits per heavy atom. The molecule has 1 fully saturated rings. The third kappa shape index (κ3) is 8.34. The fourth-order valence-electron chi connectivity index (χ4n) is 2.98. The number of hydrogen-bond acceptors (Lipinski definition) is 7. The van der Waals surface area contributed by atoms with Gasteiger partial charge < -0.3 is 37.2 Å². The van der Waals surface area contributed by atoms with E-state index in [9.17, 15) is 29.4 Å². The van der Waals surface area contributed by atoms with Crippen molar-refractivity contribution in [3.63, 3.8) is 0 Å². The van der Waals surface area contributed by atoms with E-state index in [2.05, 4.69) is 21.3 Å². The molecule has 0 aliphatic carbocycles. The Kier molecular flexibility index (Phi) is 10.6. The molecular weight excluding hydrogens is 382 g/mol. The van der Waals surface area contributed by atoms with Gasteiger partial charge in [0.05, 0.1) is 12.1 Å². The highest BCUT2D eigenvalue weighted by molar-refractivity contribution is 5.94. The number of unbranched alkanes of at least 4 members (excludes halogenated alkanes) is 1. The van der Waals surface area contributed by atoms with Gasteiger partial charge in [0, 0.05) is 0 Å². The first-order valence-electron chi connectivity index (χ1n) is 9.92. The maximum Gasteiger partial charge on any atom is 0.326 e. The van der Waals surface area contributed by atoms with Crippen molar-refractivity contribution in [2.45, 2.75) is 76.2 Å². The number of carboxylic acids is 1. The quantitative estimate of drug-likeness (QED) is 0.175. The first kappa shape index (κ1) is 24.8. The van der Waals surface area contributed by atoms with Crippen LogP contribution in [-0.4, -0.2) is 77.3 Å². The molecule has 0 radical (unpaired) electrons. The summed E-state index contributed by atoms with van der Waals surface area (Å²) in [5.41, 5.74) is 5.39. The minimum absolute atomic E-state index is 0.180. The average Bonchev–Trinajstić information content (AvgIpc) is 3.19.